The predicted molar refractivity (Wildman–Crippen MR) is 57.7 cm³/mol. The third kappa shape index (κ3) is 1.61. The second-order valence-corrected chi connectivity index (χ2v) is 4.39. The highest BCUT2D eigenvalue weighted by Crippen LogP contribution is 2.24. The summed E-state index contributed by atoms with van der Waals surface area (Å²) < 4.78 is 1.77. The first kappa shape index (κ1) is 10.1. The van der Waals surface area contributed by atoms with E-state index in [9.17, 15) is 5.11 Å². The Balaban J connectivity index is 2.84. The molecule has 0 fully saturated rings. The highest BCUT2D eigenvalue weighted by Gasteiger charge is 2.21. The van der Waals surface area contributed by atoms with E-state index in [0.717, 1.165) is 22.6 Å². The van der Waals surface area contributed by atoms with Crippen molar-refractivity contribution in [1.82, 2.24) is 14.6 Å². The van der Waals surface area contributed by atoms with Crippen LogP contribution in [-0.4, -0.2) is 19.7 Å². The van der Waals surface area contributed by atoms with Gasteiger partial charge in [-0.3, -0.25) is 0 Å². The third-order valence-electron chi connectivity index (χ3n) is 2.42. The quantitative estimate of drug-likeness (QED) is 0.768. The second kappa shape index (κ2) is 3.03. The molecule has 0 atom stereocenters. The van der Waals surface area contributed by atoms with E-state index in [4.69, 9.17) is 0 Å². The summed E-state index contributed by atoms with van der Waals surface area (Å²) in [7, 11) is 0. The Morgan fingerprint density at radius 2 is 2.00 bits per heavy atom. The molecular formula is C11H15N3O. The average molecular weight is 205 g/mol. The Labute approximate surface area is 88.6 Å². The molecule has 0 aliphatic rings. The van der Waals surface area contributed by atoms with Crippen molar-refractivity contribution in [2.24, 2.45) is 0 Å². The molecular weight excluding hydrogens is 190 g/mol. The summed E-state index contributed by atoms with van der Waals surface area (Å²) in [4.78, 5) is 4.27. The summed E-state index contributed by atoms with van der Waals surface area (Å²) in [5.41, 5.74) is 2.49. The fraction of sp³-hybridized carbons (Fsp3) is 0.455. The Morgan fingerprint density at radius 1 is 1.33 bits per heavy atom. The maximum absolute atomic E-state index is 10.0. The number of nitrogens with zero attached hydrogens (tertiary/aromatic N) is 3. The van der Waals surface area contributed by atoms with Crippen LogP contribution in [0.3, 0.4) is 0 Å². The maximum atomic E-state index is 10.0. The minimum atomic E-state index is -0.896. The molecule has 2 rings (SSSR count). The van der Waals surface area contributed by atoms with E-state index in [1.165, 1.54) is 0 Å². The van der Waals surface area contributed by atoms with Crippen LogP contribution in [0.25, 0.3) is 5.65 Å². The van der Waals surface area contributed by atoms with Gasteiger partial charge in [-0.05, 0) is 33.8 Å². The monoisotopic (exact) mass is 205 g/mol. The van der Waals surface area contributed by atoms with Gasteiger partial charge in [0.25, 0.3) is 0 Å². The molecule has 0 saturated carbocycles. The first-order valence-electron chi connectivity index (χ1n) is 4.94. The van der Waals surface area contributed by atoms with E-state index in [2.05, 4.69) is 10.1 Å². The molecule has 0 amide bonds. The topological polar surface area (TPSA) is 50.4 Å². The largest absolute Gasteiger partial charge is 0.386 e. The van der Waals surface area contributed by atoms with Gasteiger partial charge in [-0.15, -0.1) is 0 Å². The first-order valence-corrected chi connectivity index (χ1v) is 4.94. The van der Waals surface area contributed by atoms with Crippen LogP contribution in [0.1, 0.15) is 30.8 Å². The zero-order valence-corrected chi connectivity index (χ0v) is 9.44. The molecule has 0 saturated heterocycles. The van der Waals surface area contributed by atoms with E-state index < -0.39 is 5.60 Å². The van der Waals surface area contributed by atoms with Crippen molar-refractivity contribution in [3.8, 4) is 0 Å². The van der Waals surface area contributed by atoms with Crippen LogP contribution in [0, 0.1) is 13.8 Å². The average Bonchev–Trinajstić information content (AvgIpc) is 2.45. The number of imidazole rings is 1. The number of hydrogen-bond donors (Lipinski definition) is 1. The highest BCUT2D eigenvalue weighted by atomic mass is 16.3. The highest BCUT2D eigenvalue weighted by molar-refractivity contribution is 5.51. The Hall–Kier alpha value is -1.42. The normalized spacial score (nSPS) is 12.3. The lowest BCUT2D eigenvalue weighted by atomic mass is 9.99. The van der Waals surface area contributed by atoms with Crippen LogP contribution in [0.15, 0.2) is 12.3 Å². The van der Waals surface area contributed by atoms with Crippen LogP contribution in [0.4, 0.5) is 0 Å². The van der Waals surface area contributed by atoms with Gasteiger partial charge in [-0.1, -0.05) is 0 Å². The Kier molecular flexibility index (Phi) is 2.04. The van der Waals surface area contributed by atoms with Gasteiger partial charge < -0.3 is 5.11 Å². The smallest absolute Gasteiger partial charge is 0.159 e. The van der Waals surface area contributed by atoms with Crippen molar-refractivity contribution >= 4 is 5.65 Å². The van der Waals surface area contributed by atoms with Gasteiger partial charge in [0.1, 0.15) is 0 Å². The summed E-state index contributed by atoms with van der Waals surface area (Å²) >= 11 is 0. The molecule has 1 N–H and O–H groups in total. The van der Waals surface area contributed by atoms with Gasteiger partial charge in [0.15, 0.2) is 5.65 Å². The molecule has 2 heterocycles. The van der Waals surface area contributed by atoms with Gasteiger partial charge in [-0.2, -0.15) is 5.10 Å². The minimum Gasteiger partial charge on any atom is -0.386 e. The van der Waals surface area contributed by atoms with Gasteiger partial charge in [0, 0.05) is 5.56 Å². The molecule has 2 aromatic rings. The molecule has 0 bridgehead atoms. The molecule has 0 radical (unpaired) electrons. The van der Waals surface area contributed by atoms with Crippen molar-refractivity contribution in [1.29, 1.82) is 0 Å². The lowest BCUT2D eigenvalue weighted by molar-refractivity contribution is 0.0793. The van der Waals surface area contributed by atoms with Crippen molar-refractivity contribution < 1.29 is 5.11 Å². The van der Waals surface area contributed by atoms with Crippen molar-refractivity contribution in [3.05, 3.63) is 29.2 Å². The van der Waals surface area contributed by atoms with E-state index in [-0.39, 0.29) is 0 Å². The summed E-state index contributed by atoms with van der Waals surface area (Å²) in [6.07, 6.45) is 1.76. The van der Waals surface area contributed by atoms with Gasteiger partial charge >= 0.3 is 0 Å². The molecule has 80 valence electrons. The molecule has 4 heteroatoms. The van der Waals surface area contributed by atoms with E-state index in [1.807, 2.05) is 19.9 Å². The lowest BCUT2D eigenvalue weighted by Crippen LogP contribution is -2.18. The van der Waals surface area contributed by atoms with Crippen LogP contribution in [0.5, 0.6) is 0 Å². The van der Waals surface area contributed by atoms with Crippen molar-refractivity contribution in [2.75, 3.05) is 0 Å². The number of aryl methyl sites for hydroxylation is 2. The number of aromatic nitrogens is 3. The summed E-state index contributed by atoms with van der Waals surface area (Å²) in [5, 5.41) is 14.4. The molecule has 4 nitrogen and oxygen atoms in total. The van der Waals surface area contributed by atoms with Crippen LogP contribution < -0.4 is 0 Å². The summed E-state index contributed by atoms with van der Waals surface area (Å²) in [5.74, 6) is 0. The Morgan fingerprint density at radius 3 is 2.60 bits per heavy atom. The molecule has 0 aromatic carbocycles. The fourth-order valence-electron chi connectivity index (χ4n) is 1.65. The van der Waals surface area contributed by atoms with E-state index in [0.29, 0.717) is 0 Å². The van der Waals surface area contributed by atoms with Gasteiger partial charge in [0.2, 0.25) is 0 Å². The SMILES string of the molecule is Cc1cc(C(C)(C)O)c2ncc(C)n2n1. The maximum Gasteiger partial charge on any atom is 0.159 e. The molecule has 2 aromatic heterocycles. The van der Waals surface area contributed by atoms with Crippen LogP contribution in [0.2, 0.25) is 0 Å². The van der Waals surface area contributed by atoms with Gasteiger partial charge in [0.05, 0.1) is 23.2 Å². The Bertz CT molecular complexity index is 508. The van der Waals surface area contributed by atoms with E-state index in [1.54, 1.807) is 24.6 Å². The summed E-state index contributed by atoms with van der Waals surface area (Å²) in [6.45, 7) is 7.37. The zero-order valence-electron chi connectivity index (χ0n) is 9.44. The predicted octanol–water partition coefficient (Wildman–Crippen LogP) is 1.57. The molecule has 0 spiro atoms. The van der Waals surface area contributed by atoms with E-state index >= 15 is 0 Å². The molecule has 0 aliphatic carbocycles. The summed E-state index contributed by atoms with van der Waals surface area (Å²) in [6, 6.07) is 1.88. The third-order valence-corrected chi connectivity index (χ3v) is 2.42. The van der Waals surface area contributed by atoms with Crippen molar-refractivity contribution in [2.45, 2.75) is 33.3 Å². The number of aliphatic hydroxyl groups is 1. The van der Waals surface area contributed by atoms with Crippen molar-refractivity contribution in [3.63, 3.8) is 0 Å². The standard InChI is InChI=1S/C11H15N3O/c1-7-5-9(11(3,4)15)10-12-6-8(2)14(10)13-7/h5-6,15H,1-4H3. The minimum absolute atomic E-state index is 0.727. The zero-order chi connectivity index (χ0) is 11.2. The number of rotatable bonds is 1. The first-order chi connectivity index (χ1) is 6.89. The number of fused-ring (bicyclic) bond motifs is 1. The van der Waals surface area contributed by atoms with Crippen LogP contribution >= 0.6 is 0 Å². The fourth-order valence-corrected chi connectivity index (χ4v) is 1.65. The van der Waals surface area contributed by atoms with Crippen LogP contribution in [-0.2, 0) is 5.60 Å². The molecule has 15 heavy (non-hydrogen) atoms. The second-order valence-electron chi connectivity index (χ2n) is 4.39. The molecule has 0 unspecified atom stereocenters. The van der Waals surface area contributed by atoms with Gasteiger partial charge in [-0.25, -0.2) is 9.50 Å². The lowest BCUT2D eigenvalue weighted by Gasteiger charge is -2.18. The molecule has 0 aliphatic heterocycles. The number of hydrogen-bond acceptors (Lipinski definition) is 3.